The summed E-state index contributed by atoms with van der Waals surface area (Å²) in [6.07, 6.45) is 5.12. The summed E-state index contributed by atoms with van der Waals surface area (Å²) in [5.74, 6) is -0.769. The molecule has 0 aromatic heterocycles. The van der Waals surface area contributed by atoms with Crippen molar-refractivity contribution in [3.63, 3.8) is 0 Å². The zero-order chi connectivity index (χ0) is 15.4. The van der Waals surface area contributed by atoms with Crippen LogP contribution in [0.2, 0.25) is 0 Å². The first-order chi connectivity index (χ1) is 10.1. The summed E-state index contributed by atoms with van der Waals surface area (Å²) in [5, 5.41) is 10.7. The molecule has 0 bridgehead atoms. The number of nitro benzene ring substituents is 1. The molecule has 0 radical (unpaired) electrons. The van der Waals surface area contributed by atoms with Crippen molar-refractivity contribution in [2.24, 2.45) is 0 Å². The molecule has 0 N–H and O–H groups in total. The van der Waals surface area contributed by atoms with Gasteiger partial charge in [-0.25, -0.2) is 0 Å². The molecule has 0 aliphatic carbocycles. The fraction of sp³-hybridized carbons (Fsp3) is 0.467. The Balaban J connectivity index is 2.06. The van der Waals surface area contributed by atoms with E-state index in [9.17, 15) is 19.7 Å². The molecule has 6 nitrogen and oxygen atoms in total. The SMILES string of the molecule is CCCCCCCN1C(=O)c2ccc([N+](=O)[O-])cc2C1=O. The number of benzene rings is 1. The van der Waals surface area contributed by atoms with Gasteiger partial charge in [0.05, 0.1) is 16.1 Å². The van der Waals surface area contributed by atoms with E-state index in [1.807, 2.05) is 0 Å². The van der Waals surface area contributed by atoms with Crippen molar-refractivity contribution in [3.05, 3.63) is 39.4 Å². The minimum absolute atomic E-state index is 0.141. The summed E-state index contributed by atoms with van der Waals surface area (Å²) < 4.78 is 0. The van der Waals surface area contributed by atoms with Crippen molar-refractivity contribution >= 4 is 17.5 Å². The van der Waals surface area contributed by atoms with Gasteiger partial charge in [0, 0.05) is 18.7 Å². The van der Waals surface area contributed by atoms with Gasteiger partial charge in [-0.1, -0.05) is 32.6 Å². The lowest BCUT2D eigenvalue weighted by molar-refractivity contribution is -0.384. The highest BCUT2D eigenvalue weighted by atomic mass is 16.6. The summed E-state index contributed by atoms with van der Waals surface area (Å²) in [5.41, 5.74) is 0.238. The Bertz CT molecular complexity index is 583. The third-order valence-corrected chi connectivity index (χ3v) is 3.65. The van der Waals surface area contributed by atoms with E-state index in [1.165, 1.54) is 23.1 Å². The Hall–Kier alpha value is -2.24. The normalized spacial score (nSPS) is 13.7. The number of rotatable bonds is 7. The lowest BCUT2D eigenvalue weighted by Crippen LogP contribution is -2.30. The molecule has 0 fully saturated rings. The zero-order valence-corrected chi connectivity index (χ0v) is 12.0. The van der Waals surface area contributed by atoms with Gasteiger partial charge >= 0.3 is 0 Å². The molecule has 21 heavy (non-hydrogen) atoms. The Labute approximate surface area is 122 Å². The summed E-state index contributed by atoms with van der Waals surface area (Å²) in [6.45, 7) is 2.50. The van der Waals surface area contributed by atoms with Crippen LogP contribution in [0.1, 0.15) is 59.7 Å². The molecular formula is C15H18N2O4. The van der Waals surface area contributed by atoms with Crippen molar-refractivity contribution < 1.29 is 14.5 Å². The van der Waals surface area contributed by atoms with Gasteiger partial charge in [0.1, 0.15) is 0 Å². The number of nitro groups is 1. The minimum Gasteiger partial charge on any atom is -0.274 e. The number of non-ortho nitro benzene ring substituents is 1. The first-order valence-corrected chi connectivity index (χ1v) is 7.21. The maximum absolute atomic E-state index is 12.2. The van der Waals surface area contributed by atoms with Crippen LogP contribution in [0.4, 0.5) is 5.69 Å². The number of nitrogens with zero attached hydrogens (tertiary/aromatic N) is 2. The molecule has 1 aromatic rings. The van der Waals surface area contributed by atoms with Crippen LogP contribution in [-0.4, -0.2) is 28.2 Å². The predicted octanol–water partition coefficient (Wildman–Crippen LogP) is 3.16. The van der Waals surface area contributed by atoms with Crippen LogP contribution >= 0.6 is 0 Å². The molecule has 6 heteroatoms. The van der Waals surface area contributed by atoms with E-state index < -0.39 is 10.8 Å². The fourth-order valence-corrected chi connectivity index (χ4v) is 2.47. The first-order valence-electron chi connectivity index (χ1n) is 7.21. The molecule has 1 heterocycles. The van der Waals surface area contributed by atoms with E-state index in [0.717, 1.165) is 32.1 Å². The van der Waals surface area contributed by atoms with Gasteiger partial charge in [0.2, 0.25) is 0 Å². The number of hydrogen-bond donors (Lipinski definition) is 0. The van der Waals surface area contributed by atoms with E-state index in [2.05, 4.69) is 6.92 Å². The van der Waals surface area contributed by atoms with Crippen molar-refractivity contribution in [3.8, 4) is 0 Å². The second-order valence-corrected chi connectivity index (χ2v) is 5.16. The highest BCUT2D eigenvalue weighted by molar-refractivity contribution is 6.21. The summed E-state index contributed by atoms with van der Waals surface area (Å²) in [6, 6.07) is 3.81. The summed E-state index contributed by atoms with van der Waals surface area (Å²) in [4.78, 5) is 35.7. The maximum atomic E-state index is 12.2. The number of hydrogen-bond acceptors (Lipinski definition) is 4. The maximum Gasteiger partial charge on any atom is 0.270 e. The first kappa shape index (κ1) is 15.2. The zero-order valence-electron chi connectivity index (χ0n) is 12.0. The molecule has 0 saturated carbocycles. The van der Waals surface area contributed by atoms with Gasteiger partial charge in [0.25, 0.3) is 17.5 Å². The Morgan fingerprint density at radius 2 is 1.71 bits per heavy atom. The fourth-order valence-electron chi connectivity index (χ4n) is 2.47. The van der Waals surface area contributed by atoms with Crippen molar-refractivity contribution in [1.29, 1.82) is 0 Å². The predicted molar refractivity (Wildman–Crippen MR) is 77.2 cm³/mol. The van der Waals surface area contributed by atoms with Crippen molar-refractivity contribution in [2.45, 2.75) is 39.0 Å². The van der Waals surface area contributed by atoms with E-state index in [0.29, 0.717) is 6.54 Å². The highest BCUT2D eigenvalue weighted by Gasteiger charge is 2.36. The Kier molecular flexibility index (Phi) is 4.67. The molecule has 0 unspecified atom stereocenters. The highest BCUT2D eigenvalue weighted by Crippen LogP contribution is 2.27. The van der Waals surface area contributed by atoms with Crippen LogP contribution in [0, 0.1) is 10.1 Å². The van der Waals surface area contributed by atoms with E-state index in [1.54, 1.807) is 0 Å². The topological polar surface area (TPSA) is 80.5 Å². The molecule has 0 saturated heterocycles. The van der Waals surface area contributed by atoms with Crippen LogP contribution in [-0.2, 0) is 0 Å². The van der Waals surface area contributed by atoms with Gasteiger partial charge in [-0.15, -0.1) is 0 Å². The quantitative estimate of drug-likeness (QED) is 0.334. The van der Waals surface area contributed by atoms with Crippen LogP contribution < -0.4 is 0 Å². The number of fused-ring (bicyclic) bond motifs is 1. The number of carbonyl (C=O) groups is 2. The van der Waals surface area contributed by atoms with Crippen LogP contribution in [0.15, 0.2) is 18.2 Å². The van der Waals surface area contributed by atoms with E-state index in [4.69, 9.17) is 0 Å². The second kappa shape index (κ2) is 6.47. The molecule has 2 rings (SSSR count). The van der Waals surface area contributed by atoms with E-state index in [-0.39, 0.29) is 22.7 Å². The Morgan fingerprint density at radius 1 is 1.05 bits per heavy atom. The molecule has 1 aliphatic heterocycles. The molecule has 2 amide bonds. The molecular weight excluding hydrogens is 272 g/mol. The number of carbonyl (C=O) groups excluding carboxylic acids is 2. The number of amides is 2. The third-order valence-electron chi connectivity index (χ3n) is 3.65. The average Bonchev–Trinajstić information content (AvgIpc) is 2.71. The lowest BCUT2D eigenvalue weighted by Gasteiger charge is -2.13. The summed E-state index contributed by atoms with van der Waals surface area (Å²) >= 11 is 0. The van der Waals surface area contributed by atoms with Gasteiger partial charge in [-0.3, -0.25) is 24.6 Å². The Morgan fingerprint density at radius 3 is 2.38 bits per heavy atom. The van der Waals surface area contributed by atoms with Gasteiger partial charge < -0.3 is 0 Å². The van der Waals surface area contributed by atoms with E-state index >= 15 is 0 Å². The third kappa shape index (κ3) is 3.09. The minimum atomic E-state index is -0.564. The smallest absolute Gasteiger partial charge is 0.270 e. The van der Waals surface area contributed by atoms with Crippen molar-refractivity contribution in [2.75, 3.05) is 6.54 Å². The molecule has 1 aromatic carbocycles. The molecule has 112 valence electrons. The standard InChI is InChI=1S/C15H18N2O4/c1-2-3-4-5-6-9-16-14(18)12-8-7-11(17(20)21)10-13(12)15(16)19/h7-8,10H,2-6,9H2,1H3. The average molecular weight is 290 g/mol. The van der Waals surface area contributed by atoms with Gasteiger partial charge in [0.15, 0.2) is 0 Å². The van der Waals surface area contributed by atoms with Gasteiger partial charge in [-0.05, 0) is 12.5 Å². The number of imide groups is 1. The van der Waals surface area contributed by atoms with Crippen molar-refractivity contribution in [1.82, 2.24) is 4.90 Å². The molecule has 0 spiro atoms. The van der Waals surface area contributed by atoms with Crippen LogP contribution in [0.3, 0.4) is 0 Å². The molecule has 0 atom stereocenters. The van der Waals surface area contributed by atoms with Crippen LogP contribution in [0.5, 0.6) is 0 Å². The largest absolute Gasteiger partial charge is 0.274 e. The monoisotopic (exact) mass is 290 g/mol. The summed E-state index contributed by atoms with van der Waals surface area (Å²) in [7, 11) is 0. The second-order valence-electron chi connectivity index (χ2n) is 5.16. The number of unbranched alkanes of at least 4 members (excludes halogenated alkanes) is 4. The van der Waals surface area contributed by atoms with Crippen LogP contribution in [0.25, 0.3) is 0 Å². The lowest BCUT2D eigenvalue weighted by atomic mass is 10.1. The van der Waals surface area contributed by atoms with Gasteiger partial charge in [-0.2, -0.15) is 0 Å². The molecule has 1 aliphatic rings.